The number of fused-ring (bicyclic) bond motifs is 2. The van der Waals surface area contributed by atoms with Crippen LogP contribution in [0, 0.1) is 6.92 Å². The molecule has 154 valence electrons. The summed E-state index contributed by atoms with van der Waals surface area (Å²) >= 11 is 0. The third-order valence-electron chi connectivity index (χ3n) is 6.31. The van der Waals surface area contributed by atoms with E-state index in [1.807, 2.05) is 11.0 Å². The topological polar surface area (TPSA) is 84.3 Å². The Bertz CT molecular complexity index is 903. The molecule has 8 nitrogen and oxygen atoms in total. The molecule has 0 aliphatic carbocycles. The van der Waals surface area contributed by atoms with E-state index < -0.39 is 0 Å². The second kappa shape index (κ2) is 7.67. The summed E-state index contributed by atoms with van der Waals surface area (Å²) in [7, 11) is 0. The summed E-state index contributed by atoms with van der Waals surface area (Å²) in [5, 5.41) is 15.3. The highest BCUT2D eigenvalue weighted by atomic mass is 16.5. The summed E-state index contributed by atoms with van der Waals surface area (Å²) in [6.45, 7) is 6.78. The van der Waals surface area contributed by atoms with E-state index >= 15 is 0 Å². The maximum Gasteiger partial charge on any atom is 0.317 e. The first-order chi connectivity index (χ1) is 14.2. The fourth-order valence-corrected chi connectivity index (χ4v) is 4.70. The van der Waals surface area contributed by atoms with Gasteiger partial charge in [0.05, 0.1) is 12.6 Å². The fraction of sp³-hybridized carbons (Fsp3) is 0.571. The van der Waals surface area contributed by atoms with Crippen molar-refractivity contribution in [3.63, 3.8) is 0 Å². The van der Waals surface area contributed by atoms with Gasteiger partial charge >= 0.3 is 6.03 Å². The number of amides is 2. The highest BCUT2D eigenvalue weighted by Gasteiger charge is 2.30. The van der Waals surface area contributed by atoms with Crippen LogP contribution in [0.15, 0.2) is 18.2 Å². The first-order valence-electron chi connectivity index (χ1n) is 10.6. The number of likely N-dealkylation sites (tertiary alicyclic amines) is 1. The summed E-state index contributed by atoms with van der Waals surface area (Å²) < 4.78 is 8.18. The van der Waals surface area contributed by atoms with E-state index in [4.69, 9.17) is 4.74 Å². The lowest BCUT2D eigenvalue weighted by molar-refractivity contribution is 0.166. The Kier molecular flexibility index (Phi) is 4.87. The monoisotopic (exact) mass is 396 g/mol. The van der Waals surface area contributed by atoms with Crippen molar-refractivity contribution in [2.45, 2.75) is 51.2 Å². The standard InChI is InChI=1S/C21H28N6O2/c1-14-3-2-4-16-11-17(13-29-19(14)16)23-21(28)26-8-5-15(6-9-26)20-25-24-18-12-22-7-10-27(18)20/h2-4,15,17,22H,5-13H2,1H3,(H,23,28). The lowest BCUT2D eigenvalue weighted by atomic mass is 9.96. The number of nitrogens with zero attached hydrogens (tertiary/aromatic N) is 4. The van der Waals surface area contributed by atoms with Crippen LogP contribution in [0.25, 0.3) is 0 Å². The molecule has 1 unspecified atom stereocenters. The van der Waals surface area contributed by atoms with Gasteiger partial charge in [0.2, 0.25) is 0 Å². The normalized spacial score (nSPS) is 21.8. The minimum atomic E-state index is 0.0145. The van der Waals surface area contributed by atoms with Gasteiger partial charge < -0.3 is 24.8 Å². The first-order valence-corrected chi connectivity index (χ1v) is 10.6. The number of nitrogens with one attached hydrogen (secondary N) is 2. The number of rotatable bonds is 2. The lowest BCUT2D eigenvalue weighted by Crippen LogP contribution is -2.50. The molecule has 1 fully saturated rings. The Morgan fingerprint density at radius 2 is 2.10 bits per heavy atom. The van der Waals surface area contributed by atoms with E-state index in [-0.39, 0.29) is 12.1 Å². The van der Waals surface area contributed by atoms with Crippen LogP contribution >= 0.6 is 0 Å². The fourth-order valence-electron chi connectivity index (χ4n) is 4.70. The molecule has 1 atom stereocenters. The van der Waals surface area contributed by atoms with Crippen molar-refractivity contribution >= 4 is 6.03 Å². The molecule has 1 aromatic heterocycles. The zero-order chi connectivity index (χ0) is 19.8. The zero-order valence-electron chi connectivity index (χ0n) is 16.9. The van der Waals surface area contributed by atoms with Crippen molar-refractivity contribution in [2.75, 3.05) is 26.2 Å². The van der Waals surface area contributed by atoms with E-state index in [9.17, 15) is 4.79 Å². The molecule has 5 rings (SSSR count). The average Bonchev–Trinajstić information content (AvgIpc) is 3.18. The summed E-state index contributed by atoms with van der Waals surface area (Å²) in [4.78, 5) is 14.7. The average molecular weight is 396 g/mol. The molecule has 29 heavy (non-hydrogen) atoms. The van der Waals surface area contributed by atoms with Gasteiger partial charge in [0.1, 0.15) is 24.0 Å². The number of hydrogen-bond donors (Lipinski definition) is 2. The van der Waals surface area contributed by atoms with Gasteiger partial charge in [0, 0.05) is 32.1 Å². The molecule has 1 saturated heterocycles. The SMILES string of the molecule is Cc1cccc2c1OCC(NC(=O)N1CCC(c3nnc4n3CCNC4)CC1)C2. The van der Waals surface area contributed by atoms with Gasteiger partial charge in [-0.05, 0) is 37.3 Å². The van der Waals surface area contributed by atoms with E-state index in [1.165, 1.54) is 5.56 Å². The van der Waals surface area contributed by atoms with Gasteiger partial charge in [-0.25, -0.2) is 4.79 Å². The van der Waals surface area contributed by atoms with Crippen molar-refractivity contribution < 1.29 is 9.53 Å². The highest BCUT2D eigenvalue weighted by molar-refractivity contribution is 5.74. The van der Waals surface area contributed by atoms with E-state index in [0.29, 0.717) is 12.5 Å². The number of piperidine rings is 1. The number of urea groups is 1. The van der Waals surface area contributed by atoms with Crippen LogP contribution in [0.1, 0.15) is 41.5 Å². The van der Waals surface area contributed by atoms with Crippen molar-refractivity contribution in [3.05, 3.63) is 41.0 Å². The number of ether oxygens (including phenoxy) is 1. The number of hydrogen-bond acceptors (Lipinski definition) is 5. The minimum absolute atomic E-state index is 0.0145. The van der Waals surface area contributed by atoms with Gasteiger partial charge in [-0.2, -0.15) is 0 Å². The highest BCUT2D eigenvalue weighted by Crippen LogP contribution is 2.29. The van der Waals surface area contributed by atoms with Crippen LogP contribution in [0.2, 0.25) is 0 Å². The Balaban J connectivity index is 1.16. The molecule has 1 aromatic carbocycles. The second-order valence-corrected chi connectivity index (χ2v) is 8.29. The van der Waals surface area contributed by atoms with Crippen LogP contribution in [0.5, 0.6) is 5.75 Å². The molecule has 2 amide bonds. The molecule has 0 saturated carbocycles. The van der Waals surface area contributed by atoms with E-state index in [1.54, 1.807) is 0 Å². The van der Waals surface area contributed by atoms with E-state index in [0.717, 1.165) is 74.9 Å². The molecule has 3 aliphatic rings. The molecule has 2 N–H and O–H groups in total. The predicted octanol–water partition coefficient (Wildman–Crippen LogP) is 1.58. The largest absolute Gasteiger partial charge is 0.491 e. The van der Waals surface area contributed by atoms with Crippen LogP contribution in [-0.2, 0) is 19.5 Å². The van der Waals surface area contributed by atoms with Gasteiger partial charge in [-0.15, -0.1) is 10.2 Å². The molecule has 2 aromatic rings. The second-order valence-electron chi connectivity index (χ2n) is 8.29. The maximum absolute atomic E-state index is 12.8. The molecular formula is C21H28N6O2. The van der Waals surface area contributed by atoms with Crippen LogP contribution in [0.4, 0.5) is 4.79 Å². The number of carbonyl (C=O) groups is 1. The van der Waals surface area contributed by atoms with Gasteiger partial charge in [-0.1, -0.05) is 18.2 Å². The zero-order valence-corrected chi connectivity index (χ0v) is 16.9. The van der Waals surface area contributed by atoms with Crippen molar-refractivity contribution in [3.8, 4) is 5.75 Å². The van der Waals surface area contributed by atoms with E-state index in [2.05, 4.69) is 44.5 Å². The van der Waals surface area contributed by atoms with Crippen LogP contribution in [-0.4, -0.2) is 58.0 Å². The van der Waals surface area contributed by atoms with Gasteiger partial charge in [0.15, 0.2) is 0 Å². The molecule has 0 bridgehead atoms. The number of para-hydroxylation sites is 1. The predicted molar refractivity (Wildman–Crippen MR) is 108 cm³/mol. The van der Waals surface area contributed by atoms with Gasteiger partial charge in [0.25, 0.3) is 0 Å². The Morgan fingerprint density at radius 3 is 2.97 bits per heavy atom. The molecule has 8 heteroatoms. The smallest absolute Gasteiger partial charge is 0.317 e. The molecule has 0 spiro atoms. The summed E-state index contributed by atoms with van der Waals surface area (Å²) in [5.41, 5.74) is 2.33. The van der Waals surface area contributed by atoms with Crippen molar-refractivity contribution in [2.24, 2.45) is 0 Å². The summed E-state index contributed by atoms with van der Waals surface area (Å²) in [6, 6.07) is 6.23. The van der Waals surface area contributed by atoms with Crippen LogP contribution in [0.3, 0.4) is 0 Å². The Hall–Kier alpha value is -2.61. The number of aromatic nitrogens is 3. The van der Waals surface area contributed by atoms with Crippen molar-refractivity contribution in [1.82, 2.24) is 30.3 Å². The quantitative estimate of drug-likeness (QED) is 0.805. The molecule has 0 radical (unpaired) electrons. The molecular weight excluding hydrogens is 368 g/mol. The molecule has 4 heterocycles. The van der Waals surface area contributed by atoms with Gasteiger partial charge in [-0.3, -0.25) is 0 Å². The lowest BCUT2D eigenvalue weighted by Gasteiger charge is -2.34. The number of carbonyl (C=O) groups excluding carboxylic acids is 1. The first kappa shape index (κ1) is 18.4. The maximum atomic E-state index is 12.8. The molecule has 3 aliphatic heterocycles. The third-order valence-corrected chi connectivity index (χ3v) is 6.31. The van der Waals surface area contributed by atoms with Crippen LogP contribution < -0.4 is 15.4 Å². The summed E-state index contributed by atoms with van der Waals surface area (Å²) in [6.07, 6.45) is 2.68. The third kappa shape index (κ3) is 3.57. The Labute approximate surface area is 170 Å². The Morgan fingerprint density at radius 1 is 1.24 bits per heavy atom. The number of benzene rings is 1. The number of aryl methyl sites for hydroxylation is 1. The minimum Gasteiger partial charge on any atom is -0.491 e. The van der Waals surface area contributed by atoms with Crippen molar-refractivity contribution in [1.29, 1.82) is 0 Å². The summed E-state index contributed by atoms with van der Waals surface area (Å²) in [5.74, 6) is 3.48.